The van der Waals surface area contributed by atoms with Gasteiger partial charge in [-0.25, -0.2) is 9.37 Å². The monoisotopic (exact) mass is 520 g/mol. The van der Waals surface area contributed by atoms with Gasteiger partial charge in [0.15, 0.2) is 5.82 Å². The summed E-state index contributed by atoms with van der Waals surface area (Å²) >= 11 is 6.15. The number of aliphatic hydroxyl groups is 1. The molecule has 2 aromatic heterocycles. The molecule has 4 rings (SSSR count). The van der Waals surface area contributed by atoms with Crippen LogP contribution < -0.4 is 11.1 Å². The zero-order chi connectivity index (χ0) is 26.2. The molecule has 186 valence electrons. The second kappa shape index (κ2) is 9.55. The molecule has 8 nitrogen and oxygen atoms in total. The molecule has 2 heterocycles. The first-order chi connectivity index (χ1) is 17.0. The van der Waals surface area contributed by atoms with Crippen LogP contribution in [-0.2, 0) is 19.8 Å². The van der Waals surface area contributed by atoms with E-state index in [9.17, 15) is 27.5 Å². The largest absolute Gasteiger partial charge is 0.418 e. The van der Waals surface area contributed by atoms with Crippen molar-refractivity contribution in [3.8, 4) is 22.5 Å². The summed E-state index contributed by atoms with van der Waals surface area (Å²) in [6.45, 7) is -0.707. The van der Waals surface area contributed by atoms with Gasteiger partial charge in [0, 0.05) is 12.6 Å². The minimum absolute atomic E-state index is 0.0982. The van der Waals surface area contributed by atoms with E-state index in [0.717, 1.165) is 6.07 Å². The normalized spacial score (nSPS) is 11.5. The summed E-state index contributed by atoms with van der Waals surface area (Å²) in [5, 5.41) is 19.3. The number of anilines is 2. The number of alkyl halides is 3. The summed E-state index contributed by atoms with van der Waals surface area (Å²) < 4.78 is 55.7. The fraction of sp³-hybridized carbons (Fsp3) is 0.130. The predicted octanol–water partition coefficient (Wildman–Crippen LogP) is 4.68. The van der Waals surface area contributed by atoms with E-state index < -0.39 is 35.8 Å². The number of hydrogen-bond acceptors (Lipinski definition) is 6. The molecule has 0 aliphatic heterocycles. The van der Waals surface area contributed by atoms with Gasteiger partial charge in [0.05, 0.1) is 23.5 Å². The third kappa shape index (κ3) is 4.99. The summed E-state index contributed by atoms with van der Waals surface area (Å²) in [5.74, 6) is -1.10. The lowest BCUT2D eigenvalue weighted by molar-refractivity contribution is -0.136. The van der Waals surface area contributed by atoms with Gasteiger partial charge in [-0.2, -0.15) is 13.2 Å². The molecular formula is C23H17ClF4N6O2. The highest BCUT2D eigenvalue weighted by Crippen LogP contribution is 2.38. The van der Waals surface area contributed by atoms with Crippen LogP contribution in [-0.4, -0.2) is 30.8 Å². The van der Waals surface area contributed by atoms with Gasteiger partial charge in [-0.15, -0.1) is 10.2 Å². The minimum Gasteiger partial charge on any atom is -0.397 e. The molecular weight excluding hydrogens is 504 g/mol. The number of pyridine rings is 1. The Bertz CT molecular complexity index is 1470. The van der Waals surface area contributed by atoms with E-state index >= 15 is 0 Å². The van der Waals surface area contributed by atoms with Crippen molar-refractivity contribution in [2.75, 3.05) is 11.1 Å². The predicted molar refractivity (Wildman–Crippen MR) is 124 cm³/mol. The molecule has 36 heavy (non-hydrogen) atoms. The topological polar surface area (TPSA) is 119 Å². The number of halogens is 5. The van der Waals surface area contributed by atoms with Crippen molar-refractivity contribution in [1.82, 2.24) is 19.7 Å². The van der Waals surface area contributed by atoms with Crippen LogP contribution in [0.15, 0.2) is 48.8 Å². The first-order valence-electron chi connectivity index (χ1n) is 10.2. The SMILES string of the molecule is Cn1cnnc1-c1cc(F)ccc1-c1cc(Cl)nc(C(=O)Nc2cc(CO)cc(C(F)(F)F)c2N)c1. The molecule has 2 aromatic carbocycles. The molecule has 13 heteroatoms. The van der Waals surface area contributed by atoms with E-state index in [1.165, 1.54) is 36.7 Å². The maximum absolute atomic E-state index is 14.1. The number of benzene rings is 2. The molecule has 0 bridgehead atoms. The highest BCUT2D eigenvalue weighted by atomic mass is 35.5. The molecule has 0 saturated carbocycles. The van der Waals surface area contributed by atoms with Crippen LogP contribution in [0.25, 0.3) is 22.5 Å². The second-order valence-electron chi connectivity index (χ2n) is 7.73. The standard InChI is InChI=1S/C23H17ClF4N6O2/c1-34-10-30-33-21(34)15-8-13(25)2-3-14(15)12-6-18(31-19(24)7-12)22(36)32-17-5-11(9-35)4-16(20(17)29)23(26,27)28/h2-8,10,35H,9,29H2,1H3,(H,32,36). The fourth-order valence-electron chi connectivity index (χ4n) is 3.58. The molecule has 0 saturated heterocycles. The Morgan fingerprint density at radius 3 is 2.56 bits per heavy atom. The molecule has 0 aliphatic carbocycles. The van der Waals surface area contributed by atoms with Crippen LogP contribution in [0.5, 0.6) is 0 Å². The van der Waals surface area contributed by atoms with E-state index in [2.05, 4.69) is 20.5 Å². The smallest absolute Gasteiger partial charge is 0.397 e. The molecule has 0 unspecified atom stereocenters. The summed E-state index contributed by atoms with van der Waals surface area (Å²) in [5.41, 5.74) is 4.20. The molecule has 1 amide bonds. The van der Waals surface area contributed by atoms with Crippen LogP contribution in [0.1, 0.15) is 21.6 Å². The summed E-state index contributed by atoms with van der Waals surface area (Å²) in [6.07, 6.45) is -3.38. The van der Waals surface area contributed by atoms with Gasteiger partial charge >= 0.3 is 6.18 Å². The first kappa shape index (κ1) is 25.1. The van der Waals surface area contributed by atoms with Gasteiger partial charge in [0.2, 0.25) is 0 Å². The van der Waals surface area contributed by atoms with Crippen LogP contribution in [0, 0.1) is 5.82 Å². The maximum atomic E-state index is 14.1. The number of aliphatic hydroxyl groups excluding tert-OH is 1. The molecule has 4 N–H and O–H groups in total. The number of nitrogens with two attached hydrogens (primary N) is 1. The number of nitrogen functional groups attached to an aromatic ring is 1. The highest BCUT2D eigenvalue weighted by molar-refractivity contribution is 6.30. The summed E-state index contributed by atoms with van der Waals surface area (Å²) in [7, 11) is 1.67. The number of aromatic nitrogens is 4. The van der Waals surface area contributed by atoms with E-state index in [1.54, 1.807) is 11.6 Å². The number of aryl methyl sites for hydroxylation is 1. The minimum atomic E-state index is -4.81. The van der Waals surface area contributed by atoms with Gasteiger partial charge in [-0.05, 0) is 53.1 Å². The van der Waals surface area contributed by atoms with Crippen LogP contribution >= 0.6 is 11.6 Å². The third-order valence-electron chi connectivity index (χ3n) is 5.25. The number of rotatable bonds is 5. The van der Waals surface area contributed by atoms with Gasteiger partial charge in [-0.1, -0.05) is 17.7 Å². The van der Waals surface area contributed by atoms with Gasteiger partial charge in [0.1, 0.15) is 23.0 Å². The number of nitrogens with one attached hydrogen (secondary N) is 1. The van der Waals surface area contributed by atoms with E-state index in [1.807, 2.05) is 0 Å². The Morgan fingerprint density at radius 1 is 1.17 bits per heavy atom. The van der Waals surface area contributed by atoms with Crippen LogP contribution in [0.3, 0.4) is 0 Å². The second-order valence-corrected chi connectivity index (χ2v) is 8.12. The third-order valence-corrected chi connectivity index (χ3v) is 5.44. The van der Waals surface area contributed by atoms with Crippen molar-refractivity contribution in [3.05, 3.63) is 76.6 Å². The Balaban J connectivity index is 1.76. The summed E-state index contributed by atoms with van der Waals surface area (Å²) in [6, 6.07) is 8.52. The quantitative estimate of drug-likeness (QED) is 0.200. The van der Waals surface area contributed by atoms with Crippen molar-refractivity contribution in [2.24, 2.45) is 7.05 Å². The van der Waals surface area contributed by atoms with E-state index in [-0.39, 0.29) is 22.1 Å². The number of carbonyl (C=O) groups excluding carboxylic acids is 1. The van der Waals surface area contributed by atoms with Crippen molar-refractivity contribution in [3.63, 3.8) is 0 Å². The average Bonchev–Trinajstić information content (AvgIpc) is 3.24. The molecule has 0 atom stereocenters. The average molecular weight is 521 g/mol. The number of amides is 1. The Morgan fingerprint density at radius 2 is 1.92 bits per heavy atom. The fourth-order valence-corrected chi connectivity index (χ4v) is 3.79. The molecule has 4 aromatic rings. The molecule has 0 radical (unpaired) electrons. The Hall–Kier alpha value is -4.03. The zero-order valence-corrected chi connectivity index (χ0v) is 19.2. The van der Waals surface area contributed by atoms with E-state index in [0.29, 0.717) is 28.6 Å². The highest BCUT2D eigenvalue weighted by Gasteiger charge is 2.34. The Kier molecular flexibility index (Phi) is 6.65. The van der Waals surface area contributed by atoms with Gasteiger partial charge < -0.3 is 20.7 Å². The van der Waals surface area contributed by atoms with Crippen molar-refractivity contribution >= 4 is 28.9 Å². The summed E-state index contributed by atoms with van der Waals surface area (Å²) in [4.78, 5) is 16.9. The number of hydrogen-bond donors (Lipinski definition) is 3. The lowest BCUT2D eigenvalue weighted by Gasteiger charge is -2.16. The van der Waals surface area contributed by atoms with Gasteiger partial charge in [-0.3, -0.25) is 4.79 Å². The van der Waals surface area contributed by atoms with Crippen LogP contribution in [0.4, 0.5) is 28.9 Å². The lowest BCUT2D eigenvalue weighted by Crippen LogP contribution is -2.18. The van der Waals surface area contributed by atoms with E-state index in [4.69, 9.17) is 17.3 Å². The molecule has 0 aliphatic rings. The maximum Gasteiger partial charge on any atom is 0.418 e. The number of carbonyl (C=O) groups is 1. The molecule has 0 fully saturated rings. The number of nitrogens with zero attached hydrogens (tertiary/aromatic N) is 4. The Labute approximate surface area is 206 Å². The molecule has 0 spiro atoms. The van der Waals surface area contributed by atoms with Crippen molar-refractivity contribution in [2.45, 2.75) is 12.8 Å². The van der Waals surface area contributed by atoms with Crippen molar-refractivity contribution < 1.29 is 27.5 Å². The van der Waals surface area contributed by atoms with Gasteiger partial charge in [0.25, 0.3) is 5.91 Å². The lowest BCUT2D eigenvalue weighted by atomic mass is 9.99. The zero-order valence-electron chi connectivity index (χ0n) is 18.4. The van der Waals surface area contributed by atoms with Crippen LogP contribution in [0.2, 0.25) is 5.15 Å². The van der Waals surface area contributed by atoms with Crippen molar-refractivity contribution in [1.29, 1.82) is 0 Å². The first-order valence-corrected chi connectivity index (χ1v) is 10.6.